The van der Waals surface area contributed by atoms with Gasteiger partial charge >= 0.3 is 0 Å². The molecule has 0 aliphatic carbocycles. The molecule has 2 aliphatic rings. The van der Waals surface area contributed by atoms with Gasteiger partial charge in [0.05, 0.1) is 18.2 Å². The van der Waals surface area contributed by atoms with E-state index in [4.69, 9.17) is 4.11 Å². The second-order valence-corrected chi connectivity index (χ2v) is 18.1. The van der Waals surface area contributed by atoms with Crippen molar-refractivity contribution in [1.82, 2.24) is 0 Å². The number of fused-ring (bicyclic) bond motifs is 4. The van der Waals surface area contributed by atoms with Crippen LogP contribution in [0.25, 0.3) is 55.6 Å². The molecule has 0 bridgehead atoms. The zero-order valence-electron chi connectivity index (χ0n) is 39.9. The number of nitrogens with zero attached hydrogens (tertiary/aromatic N) is 2. The smallest absolute Gasteiger partial charge is 0.252 e. The minimum absolute atomic E-state index is 0.126. The van der Waals surface area contributed by atoms with Gasteiger partial charge in [0.25, 0.3) is 6.71 Å². The summed E-state index contributed by atoms with van der Waals surface area (Å²) in [5.74, 6) is 0. The maximum Gasteiger partial charge on any atom is 0.252 e. The summed E-state index contributed by atoms with van der Waals surface area (Å²) in [5, 5.41) is 0. The Hall–Kier alpha value is -7.18. The Balaban J connectivity index is 1.29. The van der Waals surface area contributed by atoms with Crippen LogP contribution in [0.2, 0.25) is 0 Å². The molecular formula is C60H39BBr2N2. The summed E-state index contributed by atoms with van der Waals surface area (Å²) in [6, 6.07) is 70.1. The van der Waals surface area contributed by atoms with Crippen LogP contribution in [0.1, 0.15) is 6.85 Å². The van der Waals surface area contributed by atoms with Crippen molar-refractivity contribution in [2.75, 3.05) is 9.80 Å². The molecule has 65 heavy (non-hydrogen) atoms. The lowest BCUT2D eigenvalue weighted by atomic mass is 9.33. The summed E-state index contributed by atoms with van der Waals surface area (Å²) in [6.07, 6.45) is 0. The van der Waals surface area contributed by atoms with Gasteiger partial charge in [0, 0.05) is 53.9 Å². The number of hydrogen-bond donors (Lipinski definition) is 0. The van der Waals surface area contributed by atoms with Crippen molar-refractivity contribution in [3.63, 3.8) is 0 Å². The maximum absolute atomic E-state index is 9.49. The average Bonchev–Trinajstić information content (AvgIpc) is 3.40. The first-order valence-electron chi connectivity index (χ1n) is 24.1. The van der Waals surface area contributed by atoms with Gasteiger partial charge in [0.1, 0.15) is 0 Å². The molecule has 0 saturated carbocycles. The number of benzene rings is 10. The van der Waals surface area contributed by atoms with Gasteiger partial charge in [-0.25, -0.2) is 0 Å². The lowest BCUT2D eigenvalue weighted by molar-refractivity contribution is 1.25. The van der Waals surface area contributed by atoms with Crippen molar-refractivity contribution >= 4 is 89.1 Å². The van der Waals surface area contributed by atoms with E-state index in [0.29, 0.717) is 5.56 Å². The van der Waals surface area contributed by atoms with Crippen molar-refractivity contribution in [3.8, 4) is 55.6 Å². The molecule has 0 radical (unpaired) electrons. The van der Waals surface area contributed by atoms with Gasteiger partial charge in [-0.3, -0.25) is 0 Å². The van der Waals surface area contributed by atoms with Crippen LogP contribution in [-0.4, -0.2) is 6.71 Å². The normalized spacial score (nSPS) is 13.4. The fourth-order valence-electron chi connectivity index (χ4n) is 9.93. The molecule has 306 valence electrons. The van der Waals surface area contributed by atoms with Gasteiger partial charge < -0.3 is 9.80 Å². The van der Waals surface area contributed by atoms with Crippen LogP contribution in [0.15, 0.2) is 245 Å². The molecule has 0 N–H and O–H groups in total. The third kappa shape index (κ3) is 6.77. The van der Waals surface area contributed by atoms with Gasteiger partial charge in [-0.15, -0.1) is 0 Å². The molecule has 10 aromatic rings. The Kier molecular flexibility index (Phi) is 8.66. The topological polar surface area (TPSA) is 6.48 Å². The predicted molar refractivity (Wildman–Crippen MR) is 283 cm³/mol. The SMILES string of the molecule is [2H]c1c([2H])c([2H])c(-c2cc3c4c(c2)N(c2c(-c5ccccc5)cccc2-c2ccccc2)c2cc(Br)ccc2B4c2ccc(Br)cc2N3c2c(-c3ccccc3)cccc2-c2ccccc2)c([2H])c1[2H]. The lowest BCUT2D eigenvalue weighted by Crippen LogP contribution is -2.61. The van der Waals surface area contributed by atoms with Crippen molar-refractivity contribution in [1.29, 1.82) is 0 Å². The van der Waals surface area contributed by atoms with Gasteiger partial charge in [0.2, 0.25) is 0 Å². The van der Waals surface area contributed by atoms with Crippen LogP contribution in [-0.2, 0) is 0 Å². The standard InChI is InChI=1S/C60H39BBr2N2/c62-46-32-34-52-54(38-46)64(59-48(41-20-8-2-9-21-41)28-16-29-49(59)42-22-10-3-11-23-42)56-36-45(40-18-6-1-7-19-40)37-57-58(56)61(52)53-35-33-47(63)39-55(53)65(57)60-50(43-24-12-4-13-25-43)30-17-31-51(60)44-26-14-5-15-27-44/h1-39H/i1D,6D,7D,18D,19D. The van der Waals surface area contributed by atoms with E-state index in [1.807, 2.05) is 24.3 Å². The highest BCUT2D eigenvalue weighted by atomic mass is 79.9. The first-order valence-corrected chi connectivity index (χ1v) is 23.2. The van der Waals surface area contributed by atoms with Gasteiger partial charge in [0.15, 0.2) is 0 Å². The fraction of sp³-hybridized carbons (Fsp3) is 0. The Bertz CT molecular complexity index is 3360. The highest BCUT2D eigenvalue weighted by Gasteiger charge is 2.45. The molecule has 2 nitrogen and oxygen atoms in total. The number of rotatable bonds is 7. The Morgan fingerprint density at radius 3 is 1.08 bits per heavy atom. The largest absolute Gasteiger partial charge is 0.310 e. The van der Waals surface area contributed by atoms with E-state index in [2.05, 4.69) is 224 Å². The van der Waals surface area contributed by atoms with Crippen LogP contribution in [0, 0.1) is 0 Å². The Morgan fingerprint density at radius 1 is 0.338 bits per heavy atom. The number of para-hydroxylation sites is 2. The monoisotopic (exact) mass is 961 g/mol. The fourth-order valence-corrected chi connectivity index (χ4v) is 10.6. The second kappa shape index (κ2) is 16.4. The number of anilines is 6. The molecule has 0 atom stereocenters. The molecule has 2 aliphatic heterocycles. The summed E-state index contributed by atoms with van der Waals surface area (Å²) < 4.78 is 47.3. The molecule has 0 spiro atoms. The quantitative estimate of drug-likeness (QED) is 0.147. The maximum atomic E-state index is 9.49. The lowest BCUT2D eigenvalue weighted by Gasteiger charge is -2.46. The molecule has 10 aromatic carbocycles. The van der Waals surface area contributed by atoms with E-state index in [9.17, 15) is 2.74 Å². The van der Waals surface area contributed by atoms with Crippen molar-refractivity contribution < 1.29 is 6.85 Å². The second-order valence-electron chi connectivity index (χ2n) is 16.3. The Morgan fingerprint density at radius 2 is 0.708 bits per heavy atom. The van der Waals surface area contributed by atoms with Gasteiger partial charge in [-0.2, -0.15) is 0 Å². The van der Waals surface area contributed by atoms with Crippen LogP contribution < -0.4 is 26.2 Å². The zero-order chi connectivity index (χ0) is 47.8. The molecule has 0 unspecified atom stereocenters. The predicted octanol–water partition coefficient (Wildman–Crippen LogP) is 15.6. The van der Waals surface area contributed by atoms with E-state index < -0.39 is 6.04 Å². The summed E-state index contributed by atoms with van der Waals surface area (Å²) in [7, 11) is 0. The first kappa shape index (κ1) is 34.3. The van der Waals surface area contributed by atoms with Gasteiger partial charge in [-0.05, 0) is 86.2 Å². The summed E-state index contributed by atoms with van der Waals surface area (Å²) in [4.78, 5) is 4.73. The minimum atomic E-state index is -0.437. The highest BCUT2D eigenvalue weighted by Crippen LogP contribution is 2.53. The Labute approximate surface area is 404 Å². The first-order chi connectivity index (χ1) is 34.2. The summed E-state index contributed by atoms with van der Waals surface area (Å²) >= 11 is 7.82. The molecule has 2 heterocycles. The van der Waals surface area contributed by atoms with Crippen molar-refractivity contribution in [2.45, 2.75) is 0 Å². The number of hydrogen-bond acceptors (Lipinski definition) is 2. The van der Waals surface area contributed by atoms with E-state index in [1.165, 1.54) is 0 Å². The van der Waals surface area contributed by atoms with Crippen LogP contribution in [0.3, 0.4) is 0 Å². The molecule has 12 rings (SSSR count). The third-order valence-electron chi connectivity index (χ3n) is 12.6. The molecule has 5 heteroatoms. The third-order valence-corrected chi connectivity index (χ3v) is 13.6. The van der Waals surface area contributed by atoms with Crippen molar-refractivity contribution in [2.24, 2.45) is 0 Å². The van der Waals surface area contributed by atoms with Crippen LogP contribution >= 0.6 is 31.9 Å². The molecule has 0 amide bonds. The average molecular weight is 964 g/mol. The van der Waals surface area contributed by atoms with Crippen LogP contribution in [0.5, 0.6) is 0 Å². The highest BCUT2D eigenvalue weighted by molar-refractivity contribution is 9.10. The van der Waals surface area contributed by atoms with E-state index >= 15 is 0 Å². The summed E-state index contributed by atoms with van der Waals surface area (Å²) in [6.45, 7) is -0.286. The summed E-state index contributed by atoms with van der Waals surface area (Å²) in [5.41, 5.74) is 17.4. The van der Waals surface area contributed by atoms with E-state index in [0.717, 1.165) is 104 Å². The van der Waals surface area contributed by atoms with Crippen molar-refractivity contribution in [3.05, 3.63) is 245 Å². The minimum Gasteiger partial charge on any atom is -0.310 e. The molecule has 0 aromatic heterocycles. The van der Waals surface area contributed by atoms with Gasteiger partial charge in [-0.1, -0.05) is 232 Å². The molecule has 0 fully saturated rings. The molecular weight excluding hydrogens is 919 g/mol. The van der Waals surface area contributed by atoms with E-state index in [-0.39, 0.29) is 36.4 Å². The van der Waals surface area contributed by atoms with Crippen LogP contribution in [0.4, 0.5) is 34.1 Å². The zero-order valence-corrected chi connectivity index (χ0v) is 38.0. The number of halogens is 2. The molecule has 0 saturated heterocycles. The van der Waals surface area contributed by atoms with E-state index in [1.54, 1.807) is 0 Å².